The minimum absolute atomic E-state index is 0.0385. The second-order valence-electron chi connectivity index (χ2n) is 24.6. The molecule has 476 valence electrons. The first kappa shape index (κ1) is 67.8. The number of nitrogens with one attached hydrogen (secondary N) is 1. The lowest BCUT2D eigenvalue weighted by Gasteiger charge is -2.17. The molecule has 0 unspecified atom stereocenters. The van der Waals surface area contributed by atoms with Gasteiger partial charge >= 0.3 is 5.97 Å². The van der Waals surface area contributed by atoms with Crippen molar-refractivity contribution in [1.29, 1.82) is 0 Å². The van der Waals surface area contributed by atoms with E-state index in [0.29, 0.717) is 68.7 Å². The summed E-state index contributed by atoms with van der Waals surface area (Å²) in [5, 5.41) is 13.7. The van der Waals surface area contributed by atoms with Gasteiger partial charge in [-0.05, 0) is 218 Å². The number of carboxylic acids is 1. The molecular weight excluding hydrogens is 1140 g/mol. The van der Waals surface area contributed by atoms with Crippen LogP contribution in [0.25, 0.3) is 10.9 Å². The van der Waals surface area contributed by atoms with Crippen LogP contribution in [0.5, 0.6) is 28.7 Å². The smallest absolute Gasteiger partial charge is 0.339 e. The maximum absolute atomic E-state index is 12.5. The molecule has 0 fully saturated rings. The van der Waals surface area contributed by atoms with E-state index in [-0.39, 0.29) is 28.9 Å². The lowest BCUT2D eigenvalue weighted by atomic mass is 9.85. The first-order valence-electron chi connectivity index (χ1n) is 31.7. The summed E-state index contributed by atoms with van der Waals surface area (Å²) in [6, 6.07) is 53.3. The quantitative estimate of drug-likeness (QED) is 0.0424. The van der Waals surface area contributed by atoms with E-state index < -0.39 is 16.8 Å². The van der Waals surface area contributed by atoms with Crippen LogP contribution in [-0.2, 0) is 67.4 Å². The summed E-state index contributed by atoms with van der Waals surface area (Å²) in [5.74, 6) is 2.91. The molecule has 0 aliphatic carbocycles. The van der Waals surface area contributed by atoms with E-state index in [1.807, 2.05) is 150 Å². The van der Waals surface area contributed by atoms with Crippen molar-refractivity contribution < 1.29 is 52.8 Å². The standard InChI is InChI=1S/C28H27NO5.C25H31NO3.C24H29NO3/c1-20-17-24(34-23-10-3-2-4-11-23)18-26(27(20)28(30)31)33-16-8-7-15-32-19-22-14-13-21-9-5-6-12-25(21)29-22;1-18(27)9-6-5-7-10-19-11-8-12-21(15-19)29-17-20-13-14-23-22(16-20)25(2,3)24(28)26(23)4;1-17(26)8-5-4-6-9-18-10-7-11-20(14-18)28-16-19-12-13-22-21(15-19)24(2,3)23(27)25-22/h2-6,9-14,17-18H,7-8,15-16,19H2,1H3,(H,30,31);8,11-16H,5-7,9-10,17H2,1-4H3;7,10-15H,4-6,8-9,16H2,1-3H3,(H,25,27). The first-order chi connectivity index (χ1) is 43.7. The Morgan fingerprint density at radius 2 is 1.13 bits per heavy atom. The molecule has 91 heavy (non-hydrogen) atoms. The van der Waals surface area contributed by atoms with Crippen molar-refractivity contribution in [2.45, 2.75) is 156 Å². The minimum Gasteiger partial charge on any atom is -0.493 e. The number of carbonyl (C=O) groups is 5. The molecule has 0 saturated carbocycles. The molecule has 7 aromatic carbocycles. The molecule has 0 saturated heterocycles. The average Bonchev–Trinajstić information content (AvgIpc) is 1.63. The average molecular weight is 1230 g/mol. The SMILES string of the molecule is CC(=O)CCCCCc1cccc(OCc2ccc3c(c2)C(C)(C)C(=O)N3)c1.CC(=O)CCCCCc1cccc(OCc2ccc3c(c2)C(C)(C)C(=O)N3C)c1.Cc1cc(Oc2ccccc2)cc(OCCCCOCc2ccc3ccccc3n2)c1C(=O)O. The number of fused-ring (bicyclic) bond motifs is 3. The highest BCUT2D eigenvalue weighted by atomic mass is 16.5. The normalized spacial score (nSPS) is 13.2. The van der Waals surface area contributed by atoms with Crippen molar-refractivity contribution in [3.8, 4) is 28.7 Å². The number of anilines is 2. The number of hydrogen-bond acceptors (Lipinski definition) is 11. The molecule has 0 bridgehead atoms. The number of nitrogens with zero attached hydrogens (tertiary/aromatic N) is 2. The van der Waals surface area contributed by atoms with Crippen LogP contribution in [0.2, 0.25) is 0 Å². The zero-order chi connectivity index (χ0) is 64.9. The summed E-state index contributed by atoms with van der Waals surface area (Å²) >= 11 is 0. The Hall–Kier alpha value is -9.14. The van der Waals surface area contributed by atoms with E-state index in [1.54, 1.807) is 37.8 Å². The van der Waals surface area contributed by atoms with E-state index in [4.69, 9.17) is 23.7 Å². The van der Waals surface area contributed by atoms with E-state index >= 15 is 0 Å². The summed E-state index contributed by atoms with van der Waals surface area (Å²) in [5.41, 5.74) is 10.2. The third-order valence-electron chi connectivity index (χ3n) is 16.4. The van der Waals surface area contributed by atoms with Crippen LogP contribution in [0, 0.1) is 6.92 Å². The van der Waals surface area contributed by atoms with Gasteiger partial charge in [-0.15, -0.1) is 0 Å². The zero-order valence-corrected chi connectivity index (χ0v) is 54.0. The number of pyridine rings is 1. The summed E-state index contributed by atoms with van der Waals surface area (Å²) < 4.78 is 29.5. The van der Waals surface area contributed by atoms with Crippen molar-refractivity contribution in [3.63, 3.8) is 0 Å². The van der Waals surface area contributed by atoms with E-state index in [1.165, 1.54) is 11.1 Å². The predicted molar refractivity (Wildman–Crippen MR) is 359 cm³/mol. The summed E-state index contributed by atoms with van der Waals surface area (Å²) in [4.78, 5) is 64.6. The van der Waals surface area contributed by atoms with Crippen LogP contribution >= 0.6 is 0 Å². The number of carbonyl (C=O) groups excluding carboxylic acids is 4. The molecule has 2 amide bonds. The van der Waals surface area contributed by atoms with Crippen molar-refractivity contribution in [2.75, 3.05) is 30.5 Å². The highest BCUT2D eigenvalue weighted by Crippen LogP contribution is 2.42. The third kappa shape index (κ3) is 19.4. The fraction of sp³-hybridized carbons (Fsp3) is 0.351. The monoisotopic (exact) mass is 1230 g/mol. The molecule has 10 rings (SSSR count). The van der Waals surface area contributed by atoms with Gasteiger partial charge in [0.05, 0.1) is 35.3 Å². The number of aromatic nitrogens is 1. The Morgan fingerprint density at radius 3 is 1.77 bits per heavy atom. The second-order valence-corrected chi connectivity index (χ2v) is 24.6. The van der Waals surface area contributed by atoms with E-state index in [0.717, 1.165) is 126 Å². The van der Waals surface area contributed by atoms with Crippen LogP contribution in [0.15, 0.2) is 164 Å². The van der Waals surface area contributed by atoms with Gasteiger partial charge in [0.15, 0.2) is 0 Å². The molecule has 0 atom stereocenters. The van der Waals surface area contributed by atoms with Crippen LogP contribution in [0.3, 0.4) is 0 Å². The second kappa shape index (κ2) is 32.6. The van der Waals surface area contributed by atoms with Crippen molar-refractivity contribution >= 4 is 51.6 Å². The zero-order valence-electron chi connectivity index (χ0n) is 54.0. The molecule has 2 N–H and O–H groups in total. The number of aryl methyl sites for hydroxylation is 3. The molecule has 2 aliphatic rings. The summed E-state index contributed by atoms with van der Waals surface area (Å²) in [6.45, 7) is 15.2. The molecule has 0 spiro atoms. The Bertz CT molecular complexity index is 3800. The van der Waals surface area contributed by atoms with Crippen molar-refractivity contribution in [2.24, 2.45) is 0 Å². The van der Waals surface area contributed by atoms with Crippen LogP contribution in [-0.4, -0.2) is 59.7 Å². The van der Waals surface area contributed by atoms with Gasteiger partial charge in [-0.3, -0.25) is 14.6 Å². The van der Waals surface area contributed by atoms with E-state index in [9.17, 15) is 29.1 Å². The van der Waals surface area contributed by atoms with Gasteiger partial charge < -0.3 is 48.6 Å². The number of unbranched alkanes of at least 4 members (excludes halogenated alkanes) is 5. The fourth-order valence-corrected chi connectivity index (χ4v) is 11.1. The van der Waals surface area contributed by atoms with Gasteiger partial charge in [0.1, 0.15) is 59.1 Å². The molecular formula is C77H87N3O11. The summed E-state index contributed by atoms with van der Waals surface area (Å²) in [6.07, 6.45) is 11.1. The van der Waals surface area contributed by atoms with Gasteiger partial charge in [0.2, 0.25) is 11.8 Å². The number of hydrogen-bond donors (Lipinski definition) is 2. The number of likely N-dealkylation sites (N-methyl/N-ethyl adjacent to an activating group) is 1. The lowest BCUT2D eigenvalue weighted by molar-refractivity contribution is -0.122. The molecule has 8 aromatic rings. The Kier molecular flexibility index (Phi) is 24.2. The highest BCUT2D eigenvalue weighted by Gasteiger charge is 2.42. The molecule has 1 aromatic heterocycles. The maximum atomic E-state index is 12.5. The number of ketones is 2. The predicted octanol–water partition coefficient (Wildman–Crippen LogP) is 16.8. The molecule has 0 radical (unpaired) electrons. The van der Waals surface area contributed by atoms with Crippen molar-refractivity contribution in [3.05, 3.63) is 214 Å². The number of aromatic carboxylic acids is 1. The van der Waals surface area contributed by atoms with Gasteiger partial charge in [0.25, 0.3) is 0 Å². The molecule has 14 nitrogen and oxygen atoms in total. The highest BCUT2D eigenvalue weighted by molar-refractivity contribution is 6.07. The summed E-state index contributed by atoms with van der Waals surface area (Å²) in [7, 11) is 1.83. The van der Waals surface area contributed by atoms with Crippen LogP contribution in [0.1, 0.15) is 161 Å². The molecule has 3 heterocycles. The largest absolute Gasteiger partial charge is 0.493 e. The van der Waals surface area contributed by atoms with Gasteiger partial charge in [0, 0.05) is 49.3 Å². The number of rotatable bonds is 29. The maximum Gasteiger partial charge on any atom is 0.339 e. The van der Waals surface area contributed by atoms with Gasteiger partial charge in [-0.1, -0.05) is 91.7 Å². The Labute approximate surface area is 536 Å². The fourth-order valence-electron chi connectivity index (χ4n) is 11.1. The number of para-hydroxylation sites is 2. The first-order valence-corrected chi connectivity index (χ1v) is 31.7. The number of benzene rings is 7. The van der Waals surface area contributed by atoms with E-state index in [2.05, 4.69) is 46.7 Å². The number of carboxylic acid groups (broad SMARTS) is 1. The number of amides is 2. The Balaban J connectivity index is 0.000000177. The Morgan fingerprint density at radius 1 is 0.538 bits per heavy atom. The van der Waals surface area contributed by atoms with Gasteiger partial charge in [-0.2, -0.15) is 0 Å². The van der Waals surface area contributed by atoms with Crippen molar-refractivity contribution in [1.82, 2.24) is 4.98 Å². The van der Waals surface area contributed by atoms with Gasteiger partial charge in [-0.25, -0.2) is 4.79 Å². The lowest BCUT2D eigenvalue weighted by Crippen LogP contribution is -2.33. The number of Topliss-reactive ketones (excluding diaryl/α,β-unsaturated/α-hetero) is 2. The topological polar surface area (TPSA) is 180 Å². The molecule has 2 aliphatic heterocycles. The van der Waals surface area contributed by atoms with Crippen LogP contribution < -0.4 is 29.2 Å². The third-order valence-corrected chi connectivity index (χ3v) is 16.4. The molecule has 14 heteroatoms. The minimum atomic E-state index is -1.02. The number of ether oxygens (including phenoxy) is 5. The van der Waals surface area contributed by atoms with Crippen LogP contribution in [0.4, 0.5) is 11.4 Å².